The molecule has 2 rings (SSSR count). The Bertz CT molecular complexity index is 440. The number of rotatable bonds is 1. The fourth-order valence-electron chi connectivity index (χ4n) is 1.39. The summed E-state index contributed by atoms with van der Waals surface area (Å²) in [5, 5.41) is 10.5. The second-order valence-corrected chi connectivity index (χ2v) is 3.59. The molecule has 1 heterocycles. The molecule has 0 unspecified atom stereocenters. The second kappa shape index (κ2) is 3.42. The third kappa shape index (κ3) is 1.44. The molecule has 1 aromatic heterocycles. The number of halogens is 1. The molecule has 0 radical (unpaired) electrons. The first-order chi connectivity index (χ1) is 6.33. The van der Waals surface area contributed by atoms with Crippen molar-refractivity contribution in [3.05, 3.63) is 34.6 Å². The van der Waals surface area contributed by atoms with Gasteiger partial charge in [0.2, 0.25) is 0 Å². The van der Waals surface area contributed by atoms with Gasteiger partial charge in [-0.3, -0.25) is 0 Å². The fourth-order valence-corrected chi connectivity index (χ4v) is 1.81. The molecule has 2 aromatic rings. The Hall–Kier alpha value is -0.960. The molecule has 0 saturated carbocycles. The maximum atomic E-state index is 4.13. The van der Waals surface area contributed by atoms with Gasteiger partial charge in [0.1, 0.15) is 4.60 Å². The smallest absolute Gasteiger partial charge is 0.136 e. The number of nitrogens with zero attached hydrogens (tertiary/aromatic N) is 2. The van der Waals surface area contributed by atoms with Gasteiger partial charge in [-0.25, -0.2) is 0 Å². The highest BCUT2D eigenvalue weighted by molar-refractivity contribution is 9.10. The van der Waals surface area contributed by atoms with Crippen LogP contribution in [0.2, 0.25) is 0 Å². The van der Waals surface area contributed by atoms with Crippen LogP contribution in [0.3, 0.4) is 0 Å². The van der Waals surface area contributed by atoms with Crippen molar-refractivity contribution >= 4 is 26.7 Å². The number of aryl methyl sites for hydroxylation is 1. The Kier molecular flexibility index (Phi) is 2.27. The average molecular weight is 237 g/mol. The molecule has 0 fully saturated rings. The van der Waals surface area contributed by atoms with Crippen molar-refractivity contribution in [3.8, 4) is 0 Å². The van der Waals surface area contributed by atoms with Crippen LogP contribution in [-0.2, 0) is 6.42 Å². The van der Waals surface area contributed by atoms with Gasteiger partial charge in [-0.1, -0.05) is 31.2 Å². The van der Waals surface area contributed by atoms with E-state index in [0.717, 1.165) is 22.1 Å². The van der Waals surface area contributed by atoms with Gasteiger partial charge in [-0.05, 0) is 22.4 Å². The van der Waals surface area contributed by atoms with E-state index in [1.54, 1.807) is 0 Å². The van der Waals surface area contributed by atoms with Crippen LogP contribution in [0, 0.1) is 0 Å². The molecule has 0 amide bonds. The maximum Gasteiger partial charge on any atom is 0.136 e. The van der Waals surface area contributed by atoms with Crippen molar-refractivity contribution in [2.24, 2.45) is 0 Å². The third-order valence-electron chi connectivity index (χ3n) is 2.05. The lowest BCUT2D eigenvalue weighted by atomic mass is 10.1. The second-order valence-electron chi connectivity index (χ2n) is 2.84. The van der Waals surface area contributed by atoms with Gasteiger partial charge < -0.3 is 0 Å². The molecule has 0 atom stereocenters. The van der Waals surface area contributed by atoms with Gasteiger partial charge in [-0.15, -0.1) is 5.10 Å². The zero-order chi connectivity index (χ0) is 9.26. The molecule has 3 heteroatoms. The normalized spacial score (nSPS) is 10.6. The molecule has 0 aliphatic rings. The van der Waals surface area contributed by atoms with E-state index in [-0.39, 0.29) is 0 Å². The summed E-state index contributed by atoms with van der Waals surface area (Å²) in [6, 6.07) is 8.16. The van der Waals surface area contributed by atoms with Crippen LogP contribution >= 0.6 is 15.9 Å². The molecule has 0 aliphatic heterocycles. The molecule has 13 heavy (non-hydrogen) atoms. The van der Waals surface area contributed by atoms with E-state index in [9.17, 15) is 0 Å². The van der Waals surface area contributed by atoms with Crippen molar-refractivity contribution in [2.75, 3.05) is 0 Å². The molecular formula is C10H9BrN2. The highest BCUT2D eigenvalue weighted by Crippen LogP contribution is 2.22. The van der Waals surface area contributed by atoms with E-state index in [1.165, 1.54) is 5.39 Å². The molecule has 0 bridgehead atoms. The average Bonchev–Trinajstić information content (AvgIpc) is 2.19. The van der Waals surface area contributed by atoms with Crippen LogP contribution in [0.4, 0.5) is 0 Å². The fraction of sp³-hybridized carbons (Fsp3) is 0.200. The van der Waals surface area contributed by atoms with E-state index in [0.29, 0.717) is 0 Å². The van der Waals surface area contributed by atoms with Crippen LogP contribution in [0.15, 0.2) is 28.9 Å². The first-order valence-electron chi connectivity index (χ1n) is 4.22. The summed E-state index contributed by atoms with van der Waals surface area (Å²) in [7, 11) is 0. The van der Waals surface area contributed by atoms with Crippen LogP contribution in [0.1, 0.15) is 12.6 Å². The molecule has 0 N–H and O–H groups in total. The lowest BCUT2D eigenvalue weighted by Crippen LogP contribution is -1.93. The van der Waals surface area contributed by atoms with Crippen molar-refractivity contribution in [1.82, 2.24) is 10.2 Å². The molecule has 0 aliphatic carbocycles. The lowest BCUT2D eigenvalue weighted by Gasteiger charge is -2.02. The van der Waals surface area contributed by atoms with Gasteiger partial charge in [0, 0.05) is 10.8 Å². The Morgan fingerprint density at radius 2 is 1.85 bits per heavy atom. The van der Waals surface area contributed by atoms with Gasteiger partial charge >= 0.3 is 0 Å². The monoisotopic (exact) mass is 236 g/mol. The SMILES string of the molecule is CCc1nnc(Br)c2ccccc12. The molecule has 0 saturated heterocycles. The van der Waals surface area contributed by atoms with E-state index >= 15 is 0 Å². The maximum absolute atomic E-state index is 4.13. The van der Waals surface area contributed by atoms with Crippen LogP contribution in [0.5, 0.6) is 0 Å². The minimum atomic E-state index is 0.820. The van der Waals surface area contributed by atoms with Crippen molar-refractivity contribution < 1.29 is 0 Å². The molecule has 0 spiro atoms. The lowest BCUT2D eigenvalue weighted by molar-refractivity contribution is 0.927. The van der Waals surface area contributed by atoms with E-state index in [4.69, 9.17) is 0 Å². The largest absolute Gasteiger partial charge is 0.154 e. The number of benzene rings is 1. The molecule has 66 valence electrons. The van der Waals surface area contributed by atoms with Gasteiger partial charge in [-0.2, -0.15) is 5.10 Å². The summed E-state index contributed by atoms with van der Waals surface area (Å²) < 4.78 is 0.820. The Morgan fingerprint density at radius 3 is 2.54 bits per heavy atom. The number of fused-ring (bicyclic) bond motifs is 1. The molecule has 2 nitrogen and oxygen atoms in total. The van der Waals surface area contributed by atoms with E-state index < -0.39 is 0 Å². The summed E-state index contributed by atoms with van der Waals surface area (Å²) in [6.45, 7) is 2.09. The van der Waals surface area contributed by atoms with Crippen molar-refractivity contribution in [3.63, 3.8) is 0 Å². The summed E-state index contributed by atoms with van der Waals surface area (Å²) in [6.07, 6.45) is 0.917. The standard InChI is InChI=1S/C10H9BrN2/c1-2-9-7-5-3-4-6-8(7)10(11)13-12-9/h3-6H,2H2,1H3. The minimum Gasteiger partial charge on any atom is -0.154 e. The number of hydrogen-bond donors (Lipinski definition) is 0. The minimum absolute atomic E-state index is 0.820. The Balaban J connectivity index is 2.84. The number of hydrogen-bond acceptors (Lipinski definition) is 2. The quantitative estimate of drug-likeness (QED) is 0.761. The van der Waals surface area contributed by atoms with Crippen LogP contribution in [-0.4, -0.2) is 10.2 Å². The van der Waals surface area contributed by atoms with Crippen LogP contribution in [0.25, 0.3) is 10.8 Å². The summed E-state index contributed by atoms with van der Waals surface area (Å²) >= 11 is 3.39. The first kappa shape index (κ1) is 8.63. The van der Waals surface area contributed by atoms with Gasteiger partial charge in [0.05, 0.1) is 5.69 Å². The Labute approximate surface area is 85.1 Å². The summed E-state index contributed by atoms with van der Waals surface area (Å²) in [5.74, 6) is 0. The third-order valence-corrected chi connectivity index (χ3v) is 2.64. The topological polar surface area (TPSA) is 25.8 Å². The molecule has 1 aromatic carbocycles. The van der Waals surface area contributed by atoms with E-state index in [2.05, 4.69) is 39.1 Å². The predicted molar refractivity (Wildman–Crippen MR) is 56.6 cm³/mol. The first-order valence-corrected chi connectivity index (χ1v) is 5.02. The highest BCUT2D eigenvalue weighted by Gasteiger charge is 2.04. The number of aromatic nitrogens is 2. The van der Waals surface area contributed by atoms with Gasteiger partial charge in [0.25, 0.3) is 0 Å². The highest BCUT2D eigenvalue weighted by atomic mass is 79.9. The van der Waals surface area contributed by atoms with Crippen LogP contribution < -0.4 is 0 Å². The summed E-state index contributed by atoms with van der Waals surface area (Å²) in [4.78, 5) is 0. The summed E-state index contributed by atoms with van der Waals surface area (Å²) in [5.41, 5.74) is 1.05. The molecular weight excluding hydrogens is 228 g/mol. The van der Waals surface area contributed by atoms with Gasteiger partial charge in [0.15, 0.2) is 0 Å². The van der Waals surface area contributed by atoms with Crippen molar-refractivity contribution in [2.45, 2.75) is 13.3 Å². The zero-order valence-electron chi connectivity index (χ0n) is 7.29. The van der Waals surface area contributed by atoms with Crippen molar-refractivity contribution in [1.29, 1.82) is 0 Å². The zero-order valence-corrected chi connectivity index (χ0v) is 8.87. The van der Waals surface area contributed by atoms with E-state index in [1.807, 2.05) is 18.2 Å². The Morgan fingerprint density at radius 1 is 1.15 bits per heavy atom. The predicted octanol–water partition coefficient (Wildman–Crippen LogP) is 2.95.